The topological polar surface area (TPSA) is 55.4 Å². The Morgan fingerprint density at radius 1 is 1.39 bits per heavy atom. The molecule has 0 amide bonds. The summed E-state index contributed by atoms with van der Waals surface area (Å²) < 4.78 is 32.1. The zero-order chi connectivity index (χ0) is 13.6. The first kappa shape index (κ1) is 15.4. The highest BCUT2D eigenvalue weighted by Gasteiger charge is 2.12. The highest BCUT2D eigenvalue weighted by Crippen LogP contribution is 2.09. The first-order valence-corrected chi connectivity index (χ1v) is 7.67. The van der Waals surface area contributed by atoms with Gasteiger partial charge in [0.1, 0.15) is 0 Å². The van der Waals surface area contributed by atoms with Crippen LogP contribution in [0.25, 0.3) is 0 Å². The van der Waals surface area contributed by atoms with Gasteiger partial charge >= 0.3 is 0 Å². The fourth-order valence-electron chi connectivity index (χ4n) is 1.23. The van der Waals surface area contributed by atoms with Gasteiger partial charge < -0.3 is 4.74 Å². The van der Waals surface area contributed by atoms with Gasteiger partial charge in [0.25, 0.3) is 0 Å². The Bertz CT molecular complexity index is 497. The Morgan fingerprint density at radius 2 is 2.00 bits per heavy atom. The van der Waals surface area contributed by atoms with E-state index in [-0.39, 0.29) is 11.4 Å². The van der Waals surface area contributed by atoms with E-state index in [0.717, 1.165) is 10.0 Å². The minimum Gasteiger partial charge on any atom is -0.375 e. The molecule has 0 aromatic heterocycles. The van der Waals surface area contributed by atoms with Gasteiger partial charge in [-0.3, -0.25) is 0 Å². The molecule has 0 aliphatic carbocycles. The van der Waals surface area contributed by atoms with E-state index >= 15 is 0 Å². The zero-order valence-corrected chi connectivity index (χ0v) is 12.6. The van der Waals surface area contributed by atoms with Crippen LogP contribution in [0.4, 0.5) is 0 Å². The number of hydrogen-bond acceptors (Lipinski definition) is 3. The van der Waals surface area contributed by atoms with Crippen LogP contribution in [0.15, 0.2) is 40.2 Å². The molecule has 4 nitrogen and oxygen atoms in total. The third-order valence-electron chi connectivity index (χ3n) is 2.13. The molecule has 1 aromatic rings. The van der Waals surface area contributed by atoms with Crippen molar-refractivity contribution in [2.24, 2.45) is 0 Å². The Labute approximate surface area is 116 Å². The summed E-state index contributed by atoms with van der Waals surface area (Å²) in [4.78, 5) is 0.262. The van der Waals surface area contributed by atoms with Crippen molar-refractivity contribution in [3.63, 3.8) is 0 Å². The van der Waals surface area contributed by atoms with Crippen LogP contribution in [0, 0.1) is 6.92 Å². The smallest absolute Gasteiger partial charge is 0.240 e. The number of aryl methyl sites for hydroxylation is 1. The summed E-state index contributed by atoms with van der Waals surface area (Å²) in [5.41, 5.74) is 1.02. The molecule has 0 spiro atoms. The third-order valence-corrected chi connectivity index (χ3v) is 3.83. The number of benzene rings is 1. The van der Waals surface area contributed by atoms with Crippen molar-refractivity contribution in [1.82, 2.24) is 4.72 Å². The van der Waals surface area contributed by atoms with Crippen molar-refractivity contribution >= 4 is 26.0 Å². The number of halogens is 1. The van der Waals surface area contributed by atoms with Crippen molar-refractivity contribution in [1.29, 1.82) is 0 Å². The van der Waals surface area contributed by atoms with Gasteiger partial charge in [0.2, 0.25) is 10.0 Å². The van der Waals surface area contributed by atoms with Crippen molar-refractivity contribution in [3.05, 3.63) is 40.9 Å². The average molecular weight is 334 g/mol. The van der Waals surface area contributed by atoms with Crippen LogP contribution in [-0.4, -0.2) is 28.2 Å². The molecule has 0 atom stereocenters. The van der Waals surface area contributed by atoms with Gasteiger partial charge in [-0.05, 0) is 19.1 Å². The molecule has 100 valence electrons. The lowest BCUT2D eigenvalue weighted by atomic mass is 10.2. The number of hydrogen-bond donors (Lipinski definition) is 1. The van der Waals surface area contributed by atoms with Gasteiger partial charge in [0.15, 0.2) is 0 Å². The molecule has 0 radical (unpaired) electrons. The minimum absolute atomic E-state index is 0.233. The molecule has 1 N–H and O–H groups in total. The van der Waals surface area contributed by atoms with Gasteiger partial charge in [-0.1, -0.05) is 40.2 Å². The molecule has 0 saturated heterocycles. The summed E-state index contributed by atoms with van der Waals surface area (Å²) in [6.07, 6.45) is 0. The SMILES string of the molecule is C=C(Br)COCCNS(=O)(=O)c1ccc(C)cc1. The van der Waals surface area contributed by atoms with Crippen LogP contribution in [0.1, 0.15) is 5.56 Å². The minimum atomic E-state index is -3.44. The standard InChI is InChI=1S/C12H16BrNO3S/c1-10-3-5-12(6-4-10)18(15,16)14-7-8-17-9-11(2)13/h3-6,14H,2,7-9H2,1H3. The van der Waals surface area contributed by atoms with Crippen LogP contribution in [-0.2, 0) is 14.8 Å². The van der Waals surface area contributed by atoms with E-state index in [1.807, 2.05) is 6.92 Å². The van der Waals surface area contributed by atoms with Gasteiger partial charge in [-0.2, -0.15) is 0 Å². The molecule has 1 rings (SSSR count). The molecular weight excluding hydrogens is 318 g/mol. The second kappa shape index (κ2) is 7.04. The molecular formula is C12H16BrNO3S. The second-order valence-electron chi connectivity index (χ2n) is 3.78. The van der Waals surface area contributed by atoms with Crippen molar-refractivity contribution < 1.29 is 13.2 Å². The fourth-order valence-corrected chi connectivity index (χ4v) is 2.41. The van der Waals surface area contributed by atoms with E-state index in [0.29, 0.717) is 13.2 Å². The molecule has 0 heterocycles. The Kier molecular flexibility index (Phi) is 6.01. The molecule has 0 unspecified atom stereocenters. The Balaban J connectivity index is 2.45. The summed E-state index contributed by atoms with van der Waals surface area (Å²) in [7, 11) is -3.44. The van der Waals surface area contributed by atoms with Crippen LogP contribution >= 0.6 is 15.9 Å². The highest BCUT2D eigenvalue weighted by atomic mass is 79.9. The highest BCUT2D eigenvalue weighted by molar-refractivity contribution is 9.11. The summed E-state index contributed by atoms with van der Waals surface area (Å²) >= 11 is 3.15. The maximum absolute atomic E-state index is 11.8. The first-order valence-electron chi connectivity index (χ1n) is 5.39. The number of rotatable bonds is 7. The lowest BCUT2D eigenvalue weighted by molar-refractivity contribution is 0.166. The van der Waals surface area contributed by atoms with Crippen LogP contribution in [0.2, 0.25) is 0 Å². The average Bonchev–Trinajstić information content (AvgIpc) is 2.28. The normalized spacial score (nSPS) is 11.4. The van der Waals surface area contributed by atoms with E-state index < -0.39 is 10.0 Å². The maximum Gasteiger partial charge on any atom is 0.240 e. The monoisotopic (exact) mass is 333 g/mol. The van der Waals surface area contributed by atoms with Crippen molar-refractivity contribution in [3.8, 4) is 0 Å². The van der Waals surface area contributed by atoms with Crippen LogP contribution in [0.3, 0.4) is 0 Å². The van der Waals surface area contributed by atoms with E-state index in [4.69, 9.17) is 4.74 Å². The summed E-state index contributed by atoms with van der Waals surface area (Å²) in [6, 6.07) is 6.69. The maximum atomic E-state index is 11.8. The van der Waals surface area contributed by atoms with Gasteiger partial charge in [0, 0.05) is 11.0 Å². The first-order chi connectivity index (χ1) is 8.42. The molecule has 0 saturated carbocycles. The molecule has 6 heteroatoms. The summed E-state index contributed by atoms with van der Waals surface area (Å²) in [6.45, 7) is 6.42. The third kappa shape index (κ3) is 5.30. The largest absolute Gasteiger partial charge is 0.375 e. The van der Waals surface area contributed by atoms with E-state index in [9.17, 15) is 8.42 Å². The predicted octanol–water partition coefficient (Wildman–Crippen LogP) is 2.20. The van der Waals surface area contributed by atoms with E-state index in [2.05, 4.69) is 27.2 Å². The lowest BCUT2D eigenvalue weighted by Crippen LogP contribution is -2.27. The molecule has 1 aromatic carbocycles. The second-order valence-corrected chi connectivity index (χ2v) is 6.67. The molecule has 0 bridgehead atoms. The molecule has 18 heavy (non-hydrogen) atoms. The Hall–Kier alpha value is -0.690. The number of nitrogens with one attached hydrogen (secondary N) is 1. The van der Waals surface area contributed by atoms with Crippen LogP contribution in [0.5, 0.6) is 0 Å². The molecule has 0 aliphatic heterocycles. The van der Waals surface area contributed by atoms with Crippen molar-refractivity contribution in [2.75, 3.05) is 19.8 Å². The Morgan fingerprint density at radius 3 is 2.56 bits per heavy atom. The molecule has 0 fully saturated rings. The zero-order valence-electron chi connectivity index (χ0n) is 10.1. The van der Waals surface area contributed by atoms with Crippen molar-refractivity contribution in [2.45, 2.75) is 11.8 Å². The van der Waals surface area contributed by atoms with Crippen LogP contribution < -0.4 is 4.72 Å². The lowest BCUT2D eigenvalue weighted by Gasteiger charge is -2.07. The fraction of sp³-hybridized carbons (Fsp3) is 0.333. The van der Waals surface area contributed by atoms with Gasteiger partial charge in [-0.15, -0.1) is 0 Å². The summed E-state index contributed by atoms with van der Waals surface area (Å²) in [5, 5.41) is 0. The number of sulfonamides is 1. The quantitative estimate of drug-likeness (QED) is 0.778. The van der Waals surface area contributed by atoms with Gasteiger partial charge in [-0.25, -0.2) is 13.1 Å². The van der Waals surface area contributed by atoms with Gasteiger partial charge in [0.05, 0.1) is 18.1 Å². The molecule has 0 aliphatic rings. The van der Waals surface area contributed by atoms with E-state index in [1.165, 1.54) is 0 Å². The van der Waals surface area contributed by atoms with E-state index in [1.54, 1.807) is 24.3 Å². The summed E-state index contributed by atoms with van der Waals surface area (Å²) in [5.74, 6) is 0. The predicted molar refractivity (Wildman–Crippen MR) is 75.3 cm³/mol. The number of ether oxygens (including phenoxy) is 1.